The van der Waals surface area contributed by atoms with Gasteiger partial charge in [-0.2, -0.15) is 0 Å². The first kappa shape index (κ1) is 16.3. The van der Waals surface area contributed by atoms with Gasteiger partial charge >= 0.3 is 0 Å². The van der Waals surface area contributed by atoms with Crippen LogP contribution in [0.25, 0.3) is 0 Å². The molecule has 118 valence electrons. The van der Waals surface area contributed by atoms with Crippen LogP contribution in [0.15, 0.2) is 0 Å². The molecule has 0 amide bonds. The molecule has 2 saturated carbocycles. The fourth-order valence-corrected chi connectivity index (χ4v) is 3.89. The molecule has 2 atom stereocenters. The maximum absolute atomic E-state index is 3.76. The molecule has 1 N–H and O–H groups in total. The van der Waals surface area contributed by atoms with E-state index in [0.717, 1.165) is 24.4 Å². The lowest BCUT2D eigenvalue weighted by molar-refractivity contribution is 0.0858. The Labute approximate surface area is 126 Å². The molecular formula is C18H36N2. The number of rotatable bonds is 7. The molecule has 2 aliphatic carbocycles. The van der Waals surface area contributed by atoms with E-state index in [1.54, 1.807) is 0 Å². The van der Waals surface area contributed by atoms with Crippen molar-refractivity contribution in [3.8, 4) is 0 Å². The van der Waals surface area contributed by atoms with Crippen LogP contribution in [0.5, 0.6) is 0 Å². The van der Waals surface area contributed by atoms with E-state index in [2.05, 4.69) is 44.8 Å². The van der Waals surface area contributed by atoms with Crippen molar-refractivity contribution >= 4 is 0 Å². The first-order valence-electron chi connectivity index (χ1n) is 8.88. The lowest BCUT2D eigenvalue weighted by Gasteiger charge is -2.44. The molecule has 0 aromatic carbocycles. The summed E-state index contributed by atoms with van der Waals surface area (Å²) in [7, 11) is 0. The Hall–Kier alpha value is -0.0800. The van der Waals surface area contributed by atoms with Crippen LogP contribution >= 0.6 is 0 Å². The molecule has 2 aliphatic rings. The highest BCUT2D eigenvalue weighted by Crippen LogP contribution is 2.40. The summed E-state index contributed by atoms with van der Waals surface area (Å²) in [6.45, 7) is 15.7. The predicted octanol–water partition coefficient (Wildman–Crippen LogP) is 3.91. The van der Waals surface area contributed by atoms with Crippen molar-refractivity contribution in [1.29, 1.82) is 0 Å². The molecule has 0 aromatic heterocycles. The van der Waals surface area contributed by atoms with Crippen molar-refractivity contribution in [3.05, 3.63) is 0 Å². The molecule has 2 fully saturated rings. The Bertz CT molecular complexity index is 294. The van der Waals surface area contributed by atoms with Crippen molar-refractivity contribution in [2.45, 2.75) is 78.8 Å². The minimum atomic E-state index is 0.540. The number of nitrogens with one attached hydrogen (secondary N) is 1. The van der Waals surface area contributed by atoms with E-state index in [1.807, 2.05) is 0 Å². The predicted molar refractivity (Wildman–Crippen MR) is 88.0 cm³/mol. The van der Waals surface area contributed by atoms with Gasteiger partial charge < -0.3 is 10.2 Å². The Morgan fingerprint density at radius 3 is 2.40 bits per heavy atom. The summed E-state index contributed by atoms with van der Waals surface area (Å²) < 4.78 is 0. The monoisotopic (exact) mass is 280 g/mol. The molecule has 2 rings (SSSR count). The van der Waals surface area contributed by atoms with Crippen molar-refractivity contribution in [2.75, 3.05) is 19.6 Å². The third-order valence-corrected chi connectivity index (χ3v) is 5.37. The molecule has 0 spiro atoms. The van der Waals surface area contributed by atoms with Gasteiger partial charge in [0.15, 0.2) is 0 Å². The first-order chi connectivity index (χ1) is 9.41. The maximum atomic E-state index is 3.76. The van der Waals surface area contributed by atoms with Crippen LogP contribution in [0.1, 0.15) is 66.7 Å². The van der Waals surface area contributed by atoms with E-state index < -0.39 is 0 Å². The van der Waals surface area contributed by atoms with E-state index in [4.69, 9.17) is 0 Å². The molecule has 2 nitrogen and oxygen atoms in total. The van der Waals surface area contributed by atoms with Crippen molar-refractivity contribution in [1.82, 2.24) is 10.2 Å². The largest absolute Gasteiger partial charge is 0.314 e. The van der Waals surface area contributed by atoms with Crippen LogP contribution in [-0.4, -0.2) is 36.6 Å². The van der Waals surface area contributed by atoms with Gasteiger partial charge in [-0.05, 0) is 69.7 Å². The minimum Gasteiger partial charge on any atom is -0.314 e. The SMILES string of the molecule is CCNC1CCC(C)(C)CC1CN(CC1CC1)C(C)C. The number of hydrogen-bond donors (Lipinski definition) is 1. The molecule has 2 unspecified atom stereocenters. The smallest absolute Gasteiger partial charge is 0.0108 e. The van der Waals surface area contributed by atoms with Crippen LogP contribution in [0, 0.1) is 17.3 Å². The van der Waals surface area contributed by atoms with Crippen LogP contribution < -0.4 is 5.32 Å². The zero-order valence-corrected chi connectivity index (χ0v) is 14.4. The van der Waals surface area contributed by atoms with Gasteiger partial charge in [0.25, 0.3) is 0 Å². The Balaban J connectivity index is 1.96. The van der Waals surface area contributed by atoms with Crippen LogP contribution in [-0.2, 0) is 0 Å². The average molecular weight is 280 g/mol. The normalized spacial score (nSPS) is 30.1. The van der Waals surface area contributed by atoms with Gasteiger partial charge in [-0.25, -0.2) is 0 Å². The number of nitrogens with zero attached hydrogens (tertiary/aromatic N) is 1. The molecule has 0 radical (unpaired) electrons. The van der Waals surface area contributed by atoms with Gasteiger partial charge in [-0.15, -0.1) is 0 Å². The summed E-state index contributed by atoms with van der Waals surface area (Å²) >= 11 is 0. The summed E-state index contributed by atoms with van der Waals surface area (Å²) in [5, 5.41) is 3.76. The zero-order valence-electron chi connectivity index (χ0n) is 14.4. The molecule has 20 heavy (non-hydrogen) atoms. The maximum Gasteiger partial charge on any atom is 0.0108 e. The van der Waals surface area contributed by atoms with Crippen LogP contribution in [0.4, 0.5) is 0 Å². The fourth-order valence-electron chi connectivity index (χ4n) is 3.89. The third kappa shape index (κ3) is 4.73. The number of hydrogen-bond acceptors (Lipinski definition) is 2. The second-order valence-electron chi connectivity index (χ2n) is 8.32. The quantitative estimate of drug-likeness (QED) is 0.760. The summed E-state index contributed by atoms with van der Waals surface area (Å²) in [5.41, 5.74) is 0.540. The van der Waals surface area contributed by atoms with Gasteiger partial charge in [0, 0.05) is 25.2 Å². The highest BCUT2D eigenvalue weighted by atomic mass is 15.2. The van der Waals surface area contributed by atoms with Gasteiger partial charge in [-0.3, -0.25) is 0 Å². The molecule has 0 aromatic rings. The summed E-state index contributed by atoms with van der Waals surface area (Å²) in [6, 6.07) is 1.44. The standard InChI is InChI=1S/C18H36N2/c1-6-19-17-9-10-18(4,5)11-16(17)13-20(14(2)3)12-15-7-8-15/h14-17,19H,6-13H2,1-5H3. The topological polar surface area (TPSA) is 15.3 Å². The summed E-state index contributed by atoms with van der Waals surface area (Å²) in [4.78, 5) is 2.76. The van der Waals surface area contributed by atoms with Crippen LogP contribution in [0.2, 0.25) is 0 Å². The van der Waals surface area contributed by atoms with E-state index in [-0.39, 0.29) is 0 Å². The minimum absolute atomic E-state index is 0.540. The Morgan fingerprint density at radius 1 is 1.15 bits per heavy atom. The Morgan fingerprint density at radius 2 is 1.85 bits per heavy atom. The molecular weight excluding hydrogens is 244 g/mol. The van der Waals surface area contributed by atoms with Gasteiger partial charge in [0.2, 0.25) is 0 Å². The van der Waals surface area contributed by atoms with E-state index >= 15 is 0 Å². The van der Waals surface area contributed by atoms with Crippen LogP contribution in [0.3, 0.4) is 0 Å². The van der Waals surface area contributed by atoms with Gasteiger partial charge in [0.1, 0.15) is 0 Å². The van der Waals surface area contributed by atoms with Crippen molar-refractivity contribution in [3.63, 3.8) is 0 Å². The fraction of sp³-hybridized carbons (Fsp3) is 1.00. The summed E-state index contributed by atoms with van der Waals surface area (Å²) in [5.74, 6) is 1.84. The lowest BCUT2D eigenvalue weighted by Crippen LogP contribution is -2.49. The second kappa shape index (κ2) is 6.79. The molecule has 2 heteroatoms. The zero-order chi connectivity index (χ0) is 14.8. The Kier molecular flexibility index (Phi) is 5.53. The average Bonchev–Trinajstić information content (AvgIpc) is 3.15. The first-order valence-corrected chi connectivity index (χ1v) is 8.88. The van der Waals surface area contributed by atoms with E-state index in [9.17, 15) is 0 Å². The van der Waals surface area contributed by atoms with Crippen molar-refractivity contribution < 1.29 is 0 Å². The van der Waals surface area contributed by atoms with E-state index in [0.29, 0.717) is 11.5 Å². The second-order valence-corrected chi connectivity index (χ2v) is 8.32. The van der Waals surface area contributed by atoms with E-state index in [1.165, 1.54) is 45.2 Å². The third-order valence-electron chi connectivity index (χ3n) is 5.37. The lowest BCUT2D eigenvalue weighted by atomic mass is 9.69. The van der Waals surface area contributed by atoms with Gasteiger partial charge in [0.05, 0.1) is 0 Å². The van der Waals surface area contributed by atoms with Gasteiger partial charge in [-0.1, -0.05) is 20.8 Å². The molecule has 0 heterocycles. The summed E-state index contributed by atoms with van der Waals surface area (Å²) in [6.07, 6.45) is 7.07. The highest BCUT2D eigenvalue weighted by Gasteiger charge is 2.36. The highest BCUT2D eigenvalue weighted by molar-refractivity contribution is 4.91. The molecule has 0 saturated heterocycles. The molecule has 0 aliphatic heterocycles. The van der Waals surface area contributed by atoms with Crippen molar-refractivity contribution in [2.24, 2.45) is 17.3 Å². The molecule has 0 bridgehead atoms.